The average molecular weight is 247 g/mol. The number of nitrogens with zero attached hydrogens (tertiary/aromatic N) is 5. The van der Waals surface area contributed by atoms with E-state index >= 15 is 0 Å². The molecule has 1 aliphatic rings. The van der Waals surface area contributed by atoms with Gasteiger partial charge in [-0.05, 0) is 19.9 Å². The van der Waals surface area contributed by atoms with E-state index < -0.39 is 0 Å². The highest BCUT2D eigenvalue weighted by Crippen LogP contribution is 2.28. The third-order valence-electron chi connectivity index (χ3n) is 3.37. The van der Waals surface area contributed by atoms with E-state index in [0.29, 0.717) is 13.1 Å². The van der Waals surface area contributed by atoms with E-state index in [-0.39, 0.29) is 0 Å². The molecular formula is C12H17N5O. The first-order valence-corrected chi connectivity index (χ1v) is 6.13. The van der Waals surface area contributed by atoms with Gasteiger partial charge in [-0.2, -0.15) is 10.2 Å². The Kier molecular flexibility index (Phi) is 2.49. The topological polar surface area (TPSA) is 59.1 Å². The summed E-state index contributed by atoms with van der Waals surface area (Å²) in [5, 5.41) is 15.2. The minimum Gasteiger partial charge on any atom is -0.325 e. The van der Waals surface area contributed by atoms with Gasteiger partial charge in [-0.25, -0.2) is 4.98 Å². The lowest BCUT2D eigenvalue weighted by Crippen LogP contribution is -2.13. The molecule has 0 unspecified atom stereocenters. The molecule has 18 heavy (non-hydrogen) atoms. The van der Waals surface area contributed by atoms with E-state index in [9.17, 15) is 5.21 Å². The first-order valence-electron chi connectivity index (χ1n) is 6.13. The largest absolute Gasteiger partial charge is 0.325 e. The van der Waals surface area contributed by atoms with Crippen LogP contribution in [0.5, 0.6) is 0 Å². The maximum atomic E-state index is 9.54. The second kappa shape index (κ2) is 3.93. The molecule has 3 rings (SSSR count). The van der Waals surface area contributed by atoms with Gasteiger partial charge in [-0.1, -0.05) is 0 Å². The number of aryl methyl sites for hydroxylation is 2. The quantitative estimate of drug-likeness (QED) is 0.869. The zero-order valence-corrected chi connectivity index (χ0v) is 10.9. The molecule has 2 aromatic heterocycles. The molecule has 1 N–H and O–H groups in total. The predicted octanol–water partition coefficient (Wildman–Crippen LogP) is 1.32. The van der Waals surface area contributed by atoms with E-state index in [2.05, 4.69) is 21.6 Å². The smallest absolute Gasteiger partial charge is 0.158 e. The Balaban J connectivity index is 2.14. The Bertz CT molecular complexity index is 598. The van der Waals surface area contributed by atoms with Gasteiger partial charge in [0.15, 0.2) is 5.82 Å². The number of hydrogen-bond donors (Lipinski definition) is 1. The highest BCUT2D eigenvalue weighted by Gasteiger charge is 2.26. The molecule has 96 valence electrons. The van der Waals surface area contributed by atoms with Crippen molar-refractivity contribution >= 4 is 0 Å². The molecule has 6 nitrogen and oxygen atoms in total. The van der Waals surface area contributed by atoms with E-state index in [4.69, 9.17) is 0 Å². The van der Waals surface area contributed by atoms with Crippen molar-refractivity contribution < 1.29 is 5.21 Å². The minimum atomic E-state index is 0.506. The van der Waals surface area contributed by atoms with Crippen LogP contribution in [0.2, 0.25) is 0 Å². The summed E-state index contributed by atoms with van der Waals surface area (Å²) in [7, 11) is 1.93. The summed E-state index contributed by atoms with van der Waals surface area (Å²) in [5.74, 6) is 0.943. The zero-order valence-electron chi connectivity index (χ0n) is 10.9. The SMILES string of the molecule is CCn1c(-c2cc(C)nn2C)nc2c1CN(O)C2. The molecule has 0 saturated carbocycles. The third kappa shape index (κ3) is 1.57. The van der Waals surface area contributed by atoms with Gasteiger partial charge >= 0.3 is 0 Å². The van der Waals surface area contributed by atoms with Crippen molar-refractivity contribution in [2.75, 3.05) is 0 Å². The molecular weight excluding hydrogens is 230 g/mol. The number of aromatic nitrogens is 4. The van der Waals surface area contributed by atoms with Crippen LogP contribution in [-0.2, 0) is 26.7 Å². The van der Waals surface area contributed by atoms with Gasteiger partial charge in [0.1, 0.15) is 5.69 Å². The fraction of sp³-hybridized carbons (Fsp3) is 0.500. The van der Waals surface area contributed by atoms with Crippen LogP contribution in [0.3, 0.4) is 0 Å². The van der Waals surface area contributed by atoms with Crippen LogP contribution in [0, 0.1) is 6.92 Å². The van der Waals surface area contributed by atoms with Crippen LogP contribution in [0.15, 0.2) is 6.07 Å². The Morgan fingerprint density at radius 2 is 2.17 bits per heavy atom. The molecule has 0 aliphatic carbocycles. The Morgan fingerprint density at radius 3 is 2.78 bits per heavy atom. The van der Waals surface area contributed by atoms with Crippen LogP contribution < -0.4 is 0 Å². The molecule has 0 aromatic carbocycles. The number of hydrogen-bond acceptors (Lipinski definition) is 4. The number of fused-ring (bicyclic) bond motifs is 1. The summed E-state index contributed by atoms with van der Waals surface area (Å²) >= 11 is 0. The van der Waals surface area contributed by atoms with Crippen LogP contribution in [0.25, 0.3) is 11.5 Å². The number of imidazole rings is 1. The Labute approximate surface area is 105 Å². The predicted molar refractivity (Wildman–Crippen MR) is 65.9 cm³/mol. The van der Waals surface area contributed by atoms with E-state index in [1.165, 1.54) is 5.06 Å². The molecule has 0 fully saturated rings. The van der Waals surface area contributed by atoms with Gasteiger partial charge in [-0.15, -0.1) is 0 Å². The van der Waals surface area contributed by atoms with E-state index in [0.717, 1.165) is 35.1 Å². The average Bonchev–Trinajstić information content (AvgIpc) is 2.90. The molecule has 0 amide bonds. The van der Waals surface area contributed by atoms with Crippen molar-refractivity contribution in [2.24, 2.45) is 7.05 Å². The lowest BCUT2D eigenvalue weighted by atomic mass is 10.3. The summed E-state index contributed by atoms with van der Waals surface area (Å²) in [6.45, 7) is 5.97. The highest BCUT2D eigenvalue weighted by atomic mass is 16.5. The Hall–Kier alpha value is -1.66. The molecule has 1 aliphatic heterocycles. The summed E-state index contributed by atoms with van der Waals surface area (Å²) in [6.07, 6.45) is 0. The third-order valence-corrected chi connectivity index (χ3v) is 3.37. The zero-order chi connectivity index (χ0) is 12.9. The van der Waals surface area contributed by atoms with Gasteiger partial charge in [0.25, 0.3) is 0 Å². The van der Waals surface area contributed by atoms with Crippen LogP contribution >= 0.6 is 0 Å². The molecule has 6 heteroatoms. The molecule has 3 heterocycles. The highest BCUT2D eigenvalue weighted by molar-refractivity contribution is 5.53. The lowest BCUT2D eigenvalue weighted by Gasteiger charge is -2.10. The first-order chi connectivity index (χ1) is 8.60. The van der Waals surface area contributed by atoms with Crippen molar-refractivity contribution in [2.45, 2.75) is 33.5 Å². The van der Waals surface area contributed by atoms with Crippen molar-refractivity contribution in [1.29, 1.82) is 0 Å². The number of hydroxylamine groups is 2. The van der Waals surface area contributed by atoms with Crippen molar-refractivity contribution in [3.63, 3.8) is 0 Å². The fourth-order valence-corrected chi connectivity index (χ4v) is 2.60. The van der Waals surface area contributed by atoms with Crippen LogP contribution in [0.4, 0.5) is 0 Å². The van der Waals surface area contributed by atoms with E-state index in [1.54, 1.807) is 0 Å². The standard InChI is InChI=1S/C12H17N5O/c1-4-17-11-7-16(18)6-9(11)13-12(17)10-5-8(2)14-15(10)3/h5,18H,4,6-7H2,1-3H3. The molecule has 0 spiro atoms. The molecule has 0 bridgehead atoms. The minimum absolute atomic E-state index is 0.506. The molecule has 0 radical (unpaired) electrons. The van der Waals surface area contributed by atoms with Crippen molar-refractivity contribution in [1.82, 2.24) is 24.4 Å². The van der Waals surface area contributed by atoms with Gasteiger partial charge in [0.05, 0.1) is 30.2 Å². The molecule has 2 aromatic rings. The fourth-order valence-electron chi connectivity index (χ4n) is 2.60. The van der Waals surface area contributed by atoms with Crippen LogP contribution in [0.1, 0.15) is 24.0 Å². The monoisotopic (exact) mass is 247 g/mol. The molecule has 0 saturated heterocycles. The van der Waals surface area contributed by atoms with Gasteiger partial charge < -0.3 is 9.77 Å². The van der Waals surface area contributed by atoms with Crippen molar-refractivity contribution in [3.05, 3.63) is 23.1 Å². The summed E-state index contributed by atoms with van der Waals surface area (Å²) in [4.78, 5) is 4.66. The summed E-state index contributed by atoms with van der Waals surface area (Å²) < 4.78 is 4.01. The maximum absolute atomic E-state index is 9.54. The van der Waals surface area contributed by atoms with E-state index in [1.807, 2.05) is 24.7 Å². The van der Waals surface area contributed by atoms with Gasteiger partial charge in [0.2, 0.25) is 0 Å². The molecule has 0 atom stereocenters. The van der Waals surface area contributed by atoms with Gasteiger partial charge in [0, 0.05) is 13.6 Å². The second-order valence-corrected chi connectivity index (χ2v) is 4.69. The second-order valence-electron chi connectivity index (χ2n) is 4.69. The van der Waals surface area contributed by atoms with Crippen LogP contribution in [-0.4, -0.2) is 29.6 Å². The lowest BCUT2D eigenvalue weighted by molar-refractivity contribution is -0.0985. The Morgan fingerprint density at radius 1 is 1.39 bits per heavy atom. The summed E-state index contributed by atoms with van der Waals surface area (Å²) in [5.41, 5.74) is 4.08. The summed E-state index contributed by atoms with van der Waals surface area (Å²) in [6, 6.07) is 2.04. The first kappa shape index (κ1) is 11.4. The number of rotatable bonds is 2. The normalized spacial score (nSPS) is 15.3. The van der Waals surface area contributed by atoms with Gasteiger partial charge in [-0.3, -0.25) is 4.68 Å². The van der Waals surface area contributed by atoms with Crippen molar-refractivity contribution in [3.8, 4) is 11.5 Å². The maximum Gasteiger partial charge on any atom is 0.158 e.